The summed E-state index contributed by atoms with van der Waals surface area (Å²) in [6, 6.07) is 5.47. The van der Waals surface area contributed by atoms with Gasteiger partial charge in [0.05, 0.1) is 17.2 Å². The molecule has 0 saturated heterocycles. The molecule has 2 rings (SSSR count). The van der Waals surface area contributed by atoms with Gasteiger partial charge in [-0.3, -0.25) is 19.6 Å². The zero-order valence-electron chi connectivity index (χ0n) is 8.93. The monoisotopic (exact) mass is 265 g/mol. The number of fused-ring (bicyclic) bond motifs is 1. The van der Waals surface area contributed by atoms with E-state index in [0.29, 0.717) is 0 Å². The quantitative estimate of drug-likeness (QED) is 0.736. The summed E-state index contributed by atoms with van der Waals surface area (Å²) >= 11 is 0. The number of nitriles is 1. The zero-order valence-corrected chi connectivity index (χ0v) is 9.74. The number of sulfonamides is 1. The van der Waals surface area contributed by atoms with Gasteiger partial charge in [0.15, 0.2) is 5.75 Å². The molecule has 2 N–H and O–H groups in total. The van der Waals surface area contributed by atoms with E-state index in [1.807, 2.05) is 0 Å². The Balaban J connectivity index is 2.34. The Labute approximate surface area is 102 Å². The highest BCUT2D eigenvalue weighted by atomic mass is 32.2. The van der Waals surface area contributed by atoms with Gasteiger partial charge in [-0.2, -0.15) is 5.26 Å². The summed E-state index contributed by atoms with van der Waals surface area (Å²) in [5, 5.41) is 10.4. The summed E-state index contributed by atoms with van der Waals surface area (Å²) in [6.07, 6.45) is 0. The van der Waals surface area contributed by atoms with E-state index < -0.39 is 27.6 Å². The molecule has 0 aliphatic carbocycles. The van der Waals surface area contributed by atoms with Gasteiger partial charge in [0, 0.05) is 5.69 Å². The molecule has 1 aliphatic heterocycles. The molecule has 92 valence electrons. The SMILES string of the molecule is N#CCS(=O)(=O)Nc1ccc2c(c1)C(=O)NC2=O. The molecule has 7 nitrogen and oxygen atoms in total. The van der Waals surface area contributed by atoms with Crippen molar-refractivity contribution >= 4 is 27.5 Å². The molecule has 1 aliphatic rings. The van der Waals surface area contributed by atoms with Gasteiger partial charge in [-0.15, -0.1) is 0 Å². The van der Waals surface area contributed by atoms with Crippen molar-refractivity contribution in [3.8, 4) is 6.07 Å². The number of amides is 2. The number of nitrogens with one attached hydrogen (secondary N) is 2. The van der Waals surface area contributed by atoms with Gasteiger partial charge < -0.3 is 0 Å². The van der Waals surface area contributed by atoms with E-state index in [0.717, 1.165) is 0 Å². The van der Waals surface area contributed by atoms with Crippen LogP contribution in [-0.4, -0.2) is 26.0 Å². The molecule has 0 aromatic heterocycles. The first kappa shape index (κ1) is 12.1. The Morgan fingerprint density at radius 3 is 2.56 bits per heavy atom. The minimum absolute atomic E-state index is 0.108. The molecular formula is C10H7N3O4S. The van der Waals surface area contributed by atoms with Gasteiger partial charge in [-0.05, 0) is 18.2 Å². The second-order valence-electron chi connectivity index (χ2n) is 3.56. The molecule has 0 radical (unpaired) electrons. The van der Waals surface area contributed by atoms with Crippen molar-refractivity contribution in [1.29, 1.82) is 5.26 Å². The number of rotatable bonds is 3. The van der Waals surface area contributed by atoms with E-state index in [2.05, 4.69) is 10.0 Å². The summed E-state index contributed by atoms with van der Waals surface area (Å²) < 4.78 is 24.8. The Bertz CT molecular complexity index is 688. The van der Waals surface area contributed by atoms with Crippen molar-refractivity contribution in [3.63, 3.8) is 0 Å². The molecule has 0 unspecified atom stereocenters. The Morgan fingerprint density at radius 1 is 1.22 bits per heavy atom. The van der Waals surface area contributed by atoms with E-state index in [1.54, 1.807) is 0 Å². The van der Waals surface area contributed by atoms with Crippen LogP contribution in [0.15, 0.2) is 18.2 Å². The van der Waals surface area contributed by atoms with Gasteiger partial charge in [0.2, 0.25) is 10.0 Å². The smallest absolute Gasteiger partial charge is 0.259 e. The fraction of sp³-hybridized carbons (Fsp3) is 0.100. The Hall–Kier alpha value is -2.40. The highest BCUT2D eigenvalue weighted by molar-refractivity contribution is 7.92. The first-order chi connectivity index (χ1) is 8.43. The van der Waals surface area contributed by atoms with Gasteiger partial charge in [0.1, 0.15) is 0 Å². The van der Waals surface area contributed by atoms with E-state index in [9.17, 15) is 18.0 Å². The molecule has 0 bridgehead atoms. The minimum atomic E-state index is -3.76. The van der Waals surface area contributed by atoms with E-state index in [-0.39, 0.29) is 16.8 Å². The van der Waals surface area contributed by atoms with E-state index >= 15 is 0 Å². The molecule has 8 heteroatoms. The third-order valence-electron chi connectivity index (χ3n) is 2.26. The fourth-order valence-corrected chi connectivity index (χ4v) is 2.26. The zero-order chi connectivity index (χ0) is 13.3. The van der Waals surface area contributed by atoms with Crippen LogP contribution >= 0.6 is 0 Å². The fourth-order valence-electron chi connectivity index (χ4n) is 1.53. The van der Waals surface area contributed by atoms with Crippen LogP contribution in [0.4, 0.5) is 5.69 Å². The van der Waals surface area contributed by atoms with Crippen LogP contribution in [0.3, 0.4) is 0 Å². The van der Waals surface area contributed by atoms with Crippen LogP contribution in [-0.2, 0) is 10.0 Å². The maximum absolute atomic E-state index is 11.4. The number of carbonyl (C=O) groups is 2. The maximum Gasteiger partial charge on any atom is 0.259 e. The van der Waals surface area contributed by atoms with Crippen molar-refractivity contribution in [2.24, 2.45) is 0 Å². The predicted octanol–water partition coefficient (Wildman–Crippen LogP) is -0.165. The lowest BCUT2D eigenvalue weighted by molar-refractivity contribution is 0.0879. The molecular weight excluding hydrogens is 258 g/mol. The van der Waals surface area contributed by atoms with Crippen molar-refractivity contribution in [3.05, 3.63) is 29.3 Å². The van der Waals surface area contributed by atoms with Crippen molar-refractivity contribution in [2.45, 2.75) is 0 Å². The standard InChI is InChI=1S/C10H7N3O4S/c11-3-4-18(16,17)13-6-1-2-7-8(5-6)10(15)12-9(7)14/h1-2,5,13H,4H2,(H,12,14,15). The summed E-state index contributed by atoms with van der Waals surface area (Å²) in [7, 11) is -3.76. The molecule has 0 spiro atoms. The third-order valence-corrected chi connectivity index (χ3v) is 3.32. The van der Waals surface area contributed by atoms with Crippen LogP contribution in [0.2, 0.25) is 0 Å². The van der Waals surface area contributed by atoms with Gasteiger partial charge >= 0.3 is 0 Å². The van der Waals surface area contributed by atoms with Crippen LogP contribution in [0.5, 0.6) is 0 Å². The van der Waals surface area contributed by atoms with E-state index in [4.69, 9.17) is 5.26 Å². The first-order valence-corrected chi connectivity index (χ1v) is 6.45. The van der Waals surface area contributed by atoms with Crippen LogP contribution < -0.4 is 10.0 Å². The highest BCUT2D eigenvalue weighted by Crippen LogP contribution is 2.20. The topological polar surface area (TPSA) is 116 Å². The van der Waals surface area contributed by atoms with Crippen LogP contribution in [0.25, 0.3) is 0 Å². The first-order valence-electron chi connectivity index (χ1n) is 4.80. The molecule has 1 aromatic carbocycles. The Morgan fingerprint density at radius 2 is 1.89 bits per heavy atom. The lowest BCUT2D eigenvalue weighted by Gasteiger charge is -2.05. The number of carbonyl (C=O) groups excluding carboxylic acids is 2. The maximum atomic E-state index is 11.4. The summed E-state index contributed by atoms with van der Waals surface area (Å²) in [5.74, 6) is -1.77. The number of imide groups is 1. The molecule has 0 saturated carbocycles. The van der Waals surface area contributed by atoms with Crippen molar-refractivity contribution in [1.82, 2.24) is 5.32 Å². The predicted molar refractivity (Wildman–Crippen MR) is 61.3 cm³/mol. The second-order valence-corrected chi connectivity index (χ2v) is 5.29. The number of nitrogens with zero attached hydrogens (tertiary/aromatic N) is 1. The number of benzene rings is 1. The molecule has 2 amide bonds. The Kier molecular flexibility index (Phi) is 2.76. The molecule has 0 atom stereocenters. The number of hydrogen-bond acceptors (Lipinski definition) is 5. The number of hydrogen-bond donors (Lipinski definition) is 2. The highest BCUT2D eigenvalue weighted by Gasteiger charge is 2.27. The molecule has 1 aromatic rings. The van der Waals surface area contributed by atoms with E-state index in [1.165, 1.54) is 24.3 Å². The molecule has 18 heavy (non-hydrogen) atoms. The van der Waals surface area contributed by atoms with Crippen LogP contribution in [0, 0.1) is 11.3 Å². The van der Waals surface area contributed by atoms with Gasteiger partial charge in [-0.25, -0.2) is 8.42 Å². The van der Waals surface area contributed by atoms with Crippen molar-refractivity contribution in [2.75, 3.05) is 10.5 Å². The summed E-state index contributed by atoms with van der Waals surface area (Å²) in [6.45, 7) is 0. The lowest BCUT2D eigenvalue weighted by atomic mass is 10.1. The average Bonchev–Trinajstić information content (AvgIpc) is 2.53. The normalized spacial score (nSPS) is 13.7. The third kappa shape index (κ3) is 2.16. The molecule has 1 heterocycles. The van der Waals surface area contributed by atoms with Gasteiger partial charge in [0.25, 0.3) is 11.8 Å². The summed E-state index contributed by atoms with van der Waals surface area (Å²) in [4.78, 5) is 22.6. The number of anilines is 1. The lowest BCUT2D eigenvalue weighted by Crippen LogP contribution is -2.19. The van der Waals surface area contributed by atoms with Crippen molar-refractivity contribution < 1.29 is 18.0 Å². The molecule has 0 fully saturated rings. The van der Waals surface area contributed by atoms with Crippen LogP contribution in [0.1, 0.15) is 20.7 Å². The average molecular weight is 265 g/mol. The van der Waals surface area contributed by atoms with Gasteiger partial charge in [-0.1, -0.05) is 0 Å². The minimum Gasteiger partial charge on any atom is -0.288 e. The second kappa shape index (κ2) is 4.12. The largest absolute Gasteiger partial charge is 0.288 e. The summed E-state index contributed by atoms with van der Waals surface area (Å²) in [5.41, 5.74) is 0.439.